The number of methoxy groups -OCH3 is 1. The zero-order chi connectivity index (χ0) is 17.7. The van der Waals surface area contributed by atoms with Crippen LogP contribution < -0.4 is 14.9 Å². The van der Waals surface area contributed by atoms with Crippen molar-refractivity contribution in [3.8, 4) is 5.75 Å². The third-order valence-corrected chi connectivity index (χ3v) is 5.00. The van der Waals surface area contributed by atoms with Gasteiger partial charge in [0.15, 0.2) is 0 Å². The zero-order valence-corrected chi connectivity index (χ0v) is 14.0. The molecule has 128 valence electrons. The van der Waals surface area contributed by atoms with Crippen molar-refractivity contribution in [1.82, 2.24) is 10.2 Å². The number of sulfonamides is 1. The Kier molecular flexibility index (Phi) is 5.55. The molecule has 2 aromatic rings. The van der Waals surface area contributed by atoms with Crippen LogP contribution in [0.1, 0.15) is 28.9 Å². The van der Waals surface area contributed by atoms with Crippen LogP contribution >= 0.6 is 0 Å². The number of hydrogen-bond acceptors (Lipinski definition) is 5. The van der Waals surface area contributed by atoms with Crippen LogP contribution in [0.15, 0.2) is 53.4 Å². The Morgan fingerprint density at radius 2 is 1.83 bits per heavy atom. The number of hydrogen-bond donors (Lipinski definition) is 3. The van der Waals surface area contributed by atoms with E-state index < -0.39 is 22.0 Å². The average Bonchev–Trinajstić information content (AvgIpc) is 2.60. The molecule has 0 bridgehead atoms. The van der Waals surface area contributed by atoms with Crippen molar-refractivity contribution in [3.63, 3.8) is 0 Å². The molecule has 0 aliphatic rings. The van der Waals surface area contributed by atoms with Crippen molar-refractivity contribution in [2.75, 3.05) is 7.11 Å². The van der Waals surface area contributed by atoms with Gasteiger partial charge in [-0.05, 0) is 36.8 Å². The van der Waals surface area contributed by atoms with Gasteiger partial charge in [-0.2, -0.15) is 0 Å². The summed E-state index contributed by atoms with van der Waals surface area (Å²) in [6.45, 7) is 1.69. The molecule has 1 unspecified atom stereocenters. The summed E-state index contributed by atoms with van der Waals surface area (Å²) < 4.78 is 32.5. The Morgan fingerprint density at radius 3 is 2.42 bits per heavy atom. The van der Waals surface area contributed by atoms with Crippen molar-refractivity contribution in [3.05, 3.63) is 59.7 Å². The van der Waals surface area contributed by atoms with E-state index in [1.807, 2.05) is 0 Å². The second-order valence-corrected chi connectivity index (χ2v) is 6.80. The fraction of sp³-hybridized carbons (Fsp3) is 0.188. The fourth-order valence-corrected chi connectivity index (χ4v) is 3.39. The average molecular weight is 350 g/mol. The minimum Gasteiger partial charge on any atom is -0.497 e. The molecule has 2 aromatic carbocycles. The number of carbonyl (C=O) groups excluding carboxylic acids is 1. The molecule has 0 saturated carbocycles. The minimum atomic E-state index is -3.72. The van der Waals surface area contributed by atoms with E-state index in [1.165, 1.54) is 36.9 Å². The number of rotatable bonds is 6. The Labute approximate surface area is 140 Å². The maximum absolute atomic E-state index is 12.4. The summed E-state index contributed by atoms with van der Waals surface area (Å²) in [7, 11) is -2.26. The smallest absolute Gasteiger partial charge is 0.274 e. The molecule has 0 fully saturated rings. The maximum atomic E-state index is 12.4. The van der Waals surface area contributed by atoms with Crippen LogP contribution in [0.5, 0.6) is 5.75 Å². The summed E-state index contributed by atoms with van der Waals surface area (Å²) >= 11 is 0. The van der Waals surface area contributed by atoms with Gasteiger partial charge in [0.1, 0.15) is 5.75 Å². The standard InChI is InChI=1S/C16H18N2O5S/c1-11(12-6-8-13(9-7-12)16(19)17-20)18-24(21,22)15-5-3-4-14(10-15)23-2/h3-11,18,20H,1-2H3,(H,17,19). The molecule has 2 rings (SSSR count). The molecule has 0 radical (unpaired) electrons. The molecular formula is C16H18N2O5S. The summed E-state index contributed by atoms with van der Waals surface area (Å²) in [5, 5.41) is 8.59. The van der Waals surface area contributed by atoms with Crippen LogP contribution in [-0.4, -0.2) is 26.6 Å². The molecule has 0 spiro atoms. The zero-order valence-electron chi connectivity index (χ0n) is 13.2. The van der Waals surface area contributed by atoms with Gasteiger partial charge in [0.05, 0.1) is 12.0 Å². The van der Waals surface area contributed by atoms with Crippen LogP contribution in [-0.2, 0) is 10.0 Å². The summed E-state index contributed by atoms with van der Waals surface area (Å²) in [4.78, 5) is 11.4. The number of carbonyl (C=O) groups is 1. The quantitative estimate of drug-likeness (QED) is 0.545. The number of hydroxylamine groups is 1. The van der Waals surface area contributed by atoms with Crippen LogP contribution in [0.4, 0.5) is 0 Å². The van der Waals surface area contributed by atoms with Gasteiger partial charge in [0, 0.05) is 17.7 Å². The topological polar surface area (TPSA) is 105 Å². The first-order chi connectivity index (χ1) is 11.4. The predicted molar refractivity (Wildman–Crippen MR) is 87.4 cm³/mol. The summed E-state index contributed by atoms with van der Waals surface area (Å²) in [6, 6.07) is 11.9. The summed E-state index contributed by atoms with van der Waals surface area (Å²) in [5.41, 5.74) is 2.48. The molecule has 24 heavy (non-hydrogen) atoms. The second kappa shape index (κ2) is 7.43. The monoisotopic (exact) mass is 350 g/mol. The lowest BCUT2D eigenvalue weighted by atomic mass is 10.1. The molecule has 0 aliphatic heterocycles. The molecule has 8 heteroatoms. The second-order valence-electron chi connectivity index (χ2n) is 5.08. The molecule has 7 nitrogen and oxygen atoms in total. The van der Waals surface area contributed by atoms with Gasteiger partial charge in [-0.25, -0.2) is 18.6 Å². The van der Waals surface area contributed by atoms with Crippen LogP contribution in [0.3, 0.4) is 0 Å². The van der Waals surface area contributed by atoms with E-state index in [2.05, 4.69) is 4.72 Å². The highest BCUT2D eigenvalue weighted by Gasteiger charge is 2.19. The van der Waals surface area contributed by atoms with E-state index in [0.29, 0.717) is 11.3 Å². The predicted octanol–water partition coefficient (Wildman–Crippen LogP) is 1.85. The lowest BCUT2D eigenvalue weighted by Crippen LogP contribution is -2.27. The van der Waals surface area contributed by atoms with Crippen molar-refractivity contribution >= 4 is 15.9 Å². The van der Waals surface area contributed by atoms with Gasteiger partial charge in [-0.15, -0.1) is 0 Å². The van der Waals surface area contributed by atoms with E-state index in [9.17, 15) is 13.2 Å². The van der Waals surface area contributed by atoms with Crippen LogP contribution in [0, 0.1) is 0 Å². The third-order valence-electron chi connectivity index (χ3n) is 3.46. The first-order valence-corrected chi connectivity index (χ1v) is 8.56. The van der Waals surface area contributed by atoms with Crippen molar-refractivity contribution in [1.29, 1.82) is 0 Å². The fourth-order valence-electron chi connectivity index (χ4n) is 2.12. The van der Waals surface area contributed by atoms with Gasteiger partial charge in [0.2, 0.25) is 10.0 Å². The Bertz CT molecular complexity index is 819. The van der Waals surface area contributed by atoms with Gasteiger partial charge in [-0.3, -0.25) is 10.0 Å². The normalized spacial score (nSPS) is 12.5. The highest BCUT2D eigenvalue weighted by Crippen LogP contribution is 2.20. The van der Waals surface area contributed by atoms with Gasteiger partial charge in [0.25, 0.3) is 5.91 Å². The minimum absolute atomic E-state index is 0.102. The van der Waals surface area contributed by atoms with E-state index in [0.717, 1.165) is 0 Å². The maximum Gasteiger partial charge on any atom is 0.274 e. The lowest BCUT2D eigenvalue weighted by molar-refractivity contribution is 0.0706. The highest BCUT2D eigenvalue weighted by atomic mass is 32.2. The largest absolute Gasteiger partial charge is 0.497 e. The molecular weight excluding hydrogens is 332 g/mol. The lowest BCUT2D eigenvalue weighted by Gasteiger charge is -2.15. The Hall–Kier alpha value is -2.42. The first-order valence-electron chi connectivity index (χ1n) is 7.08. The first kappa shape index (κ1) is 17.9. The van der Waals surface area contributed by atoms with Crippen LogP contribution in [0.2, 0.25) is 0 Å². The molecule has 3 N–H and O–H groups in total. The highest BCUT2D eigenvalue weighted by molar-refractivity contribution is 7.89. The van der Waals surface area contributed by atoms with E-state index in [1.54, 1.807) is 31.2 Å². The summed E-state index contributed by atoms with van der Waals surface area (Å²) in [5.74, 6) is -0.184. The molecule has 1 atom stereocenters. The number of amides is 1. The van der Waals surface area contributed by atoms with E-state index in [-0.39, 0.29) is 10.5 Å². The SMILES string of the molecule is COc1cccc(S(=O)(=O)NC(C)c2ccc(C(=O)NO)cc2)c1. The molecule has 1 amide bonds. The van der Waals surface area contributed by atoms with E-state index in [4.69, 9.17) is 9.94 Å². The van der Waals surface area contributed by atoms with E-state index >= 15 is 0 Å². The van der Waals surface area contributed by atoms with Gasteiger partial charge in [-0.1, -0.05) is 18.2 Å². The van der Waals surface area contributed by atoms with Crippen molar-refractivity contribution in [2.24, 2.45) is 0 Å². The molecule has 0 saturated heterocycles. The Morgan fingerprint density at radius 1 is 1.17 bits per heavy atom. The van der Waals surface area contributed by atoms with Gasteiger partial charge < -0.3 is 4.74 Å². The molecule has 0 aliphatic carbocycles. The molecule has 0 aromatic heterocycles. The number of nitrogens with one attached hydrogen (secondary N) is 2. The van der Waals surface area contributed by atoms with Crippen molar-refractivity contribution in [2.45, 2.75) is 17.9 Å². The van der Waals surface area contributed by atoms with Crippen molar-refractivity contribution < 1.29 is 23.2 Å². The third kappa shape index (κ3) is 4.10. The number of ether oxygens (including phenoxy) is 1. The summed E-state index contributed by atoms with van der Waals surface area (Å²) in [6.07, 6.45) is 0. The Balaban J connectivity index is 2.18. The van der Waals surface area contributed by atoms with Gasteiger partial charge >= 0.3 is 0 Å². The number of benzene rings is 2. The molecule has 0 heterocycles. The van der Waals surface area contributed by atoms with Crippen LogP contribution in [0.25, 0.3) is 0 Å².